The molecule has 3 aromatic rings. The van der Waals surface area contributed by atoms with Crippen LogP contribution < -0.4 is 4.72 Å². The molecule has 10 heteroatoms. The van der Waals surface area contributed by atoms with Gasteiger partial charge in [0.15, 0.2) is 0 Å². The second-order valence-electron chi connectivity index (χ2n) is 13.2. The minimum atomic E-state index is -3.95. The summed E-state index contributed by atoms with van der Waals surface area (Å²) in [6.45, 7) is 5.02. The largest absolute Gasteiger partial charge is 0.378 e. The fourth-order valence-electron chi connectivity index (χ4n) is 7.94. The number of hydrogen-bond acceptors (Lipinski definition) is 5. The topological polar surface area (TPSA) is 101 Å². The first-order valence-corrected chi connectivity index (χ1v) is 17.5. The molecule has 2 saturated carbocycles. The first-order chi connectivity index (χ1) is 21.1. The van der Waals surface area contributed by atoms with Crippen molar-refractivity contribution in [2.24, 2.45) is 5.41 Å². The van der Waals surface area contributed by atoms with E-state index in [1.54, 1.807) is 6.07 Å². The minimum Gasteiger partial charge on any atom is -0.378 e. The quantitative estimate of drug-likeness (QED) is 0.428. The first-order valence-electron chi connectivity index (χ1n) is 16.1. The maximum Gasteiger partial charge on any atom is 0.303 e. The Morgan fingerprint density at radius 3 is 2.50 bits per heavy atom. The van der Waals surface area contributed by atoms with Crippen molar-refractivity contribution in [1.82, 2.24) is 18.5 Å². The number of carbonyl (C=O) groups excluding carboxylic acids is 2. The van der Waals surface area contributed by atoms with Gasteiger partial charge in [0.2, 0.25) is 5.91 Å². The van der Waals surface area contributed by atoms with Crippen LogP contribution in [0.3, 0.4) is 0 Å². The smallest absolute Gasteiger partial charge is 0.303 e. The van der Waals surface area contributed by atoms with Crippen molar-refractivity contribution in [3.63, 3.8) is 0 Å². The van der Waals surface area contributed by atoms with E-state index in [2.05, 4.69) is 34.4 Å². The van der Waals surface area contributed by atoms with E-state index in [9.17, 15) is 18.0 Å². The molecule has 0 radical (unpaired) electrons. The number of ether oxygens (including phenoxy) is 1. The monoisotopic (exact) mass is 618 g/mol. The van der Waals surface area contributed by atoms with Crippen LogP contribution >= 0.6 is 0 Å². The number of aryl methyl sites for hydroxylation is 1. The van der Waals surface area contributed by atoms with E-state index in [0.29, 0.717) is 38.8 Å². The van der Waals surface area contributed by atoms with Crippen LogP contribution in [0, 0.1) is 5.41 Å². The van der Waals surface area contributed by atoms with Crippen LogP contribution in [0.5, 0.6) is 0 Å². The number of carbonyl (C=O) groups is 2. The molecule has 1 N–H and O–H groups in total. The summed E-state index contributed by atoms with van der Waals surface area (Å²) < 4.78 is 36.1. The summed E-state index contributed by atoms with van der Waals surface area (Å²) in [6.07, 6.45) is 7.55. The van der Waals surface area contributed by atoms with Gasteiger partial charge in [-0.3, -0.25) is 9.59 Å². The van der Waals surface area contributed by atoms with E-state index in [4.69, 9.17) is 4.74 Å². The number of benzene rings is 2. The predicted molar refractivity (Wildman–Crippen MR) is 170 cm³/mol. The third-order valence-corrected chi connectivity index (χ3v) is 11.9. The van der Waals surface area contributed by atoms with Crippen molar-refractivity contribution in [2.45, 2.75) is 70.3 Å². The van der Waals surface area contributed by atoms with Crippen molar-refractivity contribution in [3.8, 4) is 11.3 Å². The Kier molecular flexibility index (Phi) is 7.37. The Morgan fingerprint density at radius 2 is 1.80 bits per heavy atom. The summed E-state index contributed by atoms with van der Waals surface area (Å²) in [5.41, 5.74) is 6.82. The molecule has 3 heterocycles. The molecule has 2 amide bonds. The van der Waals surface area contributed by atoms with Crippen LogP contribution in [0.25, 0.3) is 22.2 Å². The Bertz CT molecular complexity index is 1750. The number of hydrogen-bond donors (Lipinski definition) is 1. The number of amides is 2. The normalized spacial score (nSPS) is 23.5. The van der Waals surface area contributed by atoms with Crippen molar-refractivity contribution >= 4 is 32.9 Å². The first kappa shape index (κ1) is 29.5. The van der Waals surface area contributed by atoms with E-state index < -0.39 is 21.5 Å². The highest BCUT2D eigenvalue weighted by Crippen LogP contribution is 2.66. The number of rotatable bonds is 6. The molecule has 0 bridgehead atoms. The van der Waals surface area contributed by atoms with Crippen LogP contribution in [0.1, 0.15) is 84.3 Å². The summed E-state index contributed by atoms with van der Waals surface area (Å²) in [6, 6.07) is 12.4. The molecular formula is C34H42N4O5S. The van der Waals surface area contributed by atoms with Gasteiger partial charge in [0.25, 0.3) is 5.91 Å². The predicted octanol–water partition coefficient (Wildman–Crippen LogP) is 4.80. The lowest BCUT2D eigenvalue weighted by atomic mass is 9.81. The van der Waals surface area contributed by atoms with Crippen LogP contribution in [0.2, 0.25) is 0 Å². The van der Waals surface area contributed by atoms with E-state index in [0.717, 1.165) is 40.9 Å². The second-order valence-corrected chi connectivity index (χ2v) is 15.1. The second kappa shape index (κ2) is 11.0. The van der Waals surface area contributed by atoms with Crippen LogP contribution in [0.15, 0.2) is 36.4 Å². The third kappa shape index (κ3) is 4.77. The highest BCUT2D eigenvalue weighted by molar-refractivity contribution is 7.87. The van der Waals surface area contributed by atoms with Gasteiger partial charge in [0, 0.05) is 61.7 Å². The molecular weight excluding hydrogens is 576 g/mol. The lowest BCUT2D eigenvalue weighted by Crippen LogP contribution is -2.45. The SMILES string of the molecule is CCc1ccc2c(c1)C1CC1(C(=O)N1CCOCC1)Cn1c-2c(C2CCCCC2)c2ccc(C(=O)NS(=O)(=O)N(C)C)cc21. The molecule has 1 saturated heterocycles. The summed E-state index contributed by atoms with van der Waals surface area (Å²) in [4.78, 5) is 29.7. The number of aromatic nitrogens is 1. The van der Waals surface area contributed by atoms with Crippen molar-refractivity contribution in [1.29, 1.82) is 0 Å². The number of nitrogens with one attached hydrogen (secondary N) is 1. The fraction of sp³-hybridized carbons (Fsp3) is 0.529. The van der Waals surface area contributed by atoms with Gasteiger partial charge in [0.05, 0.1) is 24.3 Å². The molecule has 2 aliphatic carbocycles. The van der Waals surface area contributed by atoms with Gasteiger partial charge >= 0.3 is 10.2 Å². The van der Waals surface area contributed by atoms with Gasteiger partial charge < -0.3 is 14.2 Å². The van der Waals surface area contributed by atoms with Crippen LogP contribution in [-0.4, -0.2) is 74.4 Å². The molecule has 44 heavy (non-hydrogen) atoms. The fourth-order valence-corrected chi connectivity index (χ4v) is 8.47. The molecule has 0 spiro atoms. The van der Waals surface area contributed by atoms with Crippen molar-refractivity contribution in [3.05, 3.63) is 58.7 Å². The third-order valence-electron chi connectivity index (χ3n) is 10.5. The van der Waals surface area contributed by atoms with Gasteiger partial charge in [-0.15, -0.1) is 0 Å². The molecule has 234 valence electrons. The molecule has 4 aliphatic rings. The van der Waals surface area contributed by atoms with Gasteiger partial charge in [-0.2, -0.15) is 12.7 Å². The zero-order valence-corrected chi connectivity index (χ0v) is 26.7. The molecule has 9 nitrogen and oxygen atoms in total. The molecule has 2 atom stereocenters. The van der Waals surface area contributed by atoms with Gasteiger partial charge in [0.1, 0.15) is 0 Å². The Balaban J connectivity index is 1.44. The summed E-state index contributed by atoms with van der Waals surface area (Å²) in [5.74, 6) is 0.0412. The maximum absolute atomic E-state index is 14.4. The molecule has 2 aliphatic heterocycles. The van der Waals surface area contributed by atoms with Crippen molar-refractivity contribution < 1.29 is 22.7 Å². The average molecular weight is 619 g/mol. The standard InChI is InChI=1S/C34H42N4O5S/c1-4-22-10-12-25-27(18-22)28-20-34(28,33(40)37-14-16-43-17-15-37)21-38-29-19-24(32(39)35-44(41,42)36(2)3)11-13-26(29)30(31(25)38)23-8-6-5-7-9-23/h10-13,18-19,23,28H,4-9,14-17,20-21H2,1-3H3,(H,35,39). The van der Waals surface area contributed by atoms with Crippen LogP contribution in [-0.2, 0) is 32.7 Å². The lowest BCUT2D eigenvalue weighted by Gasteiger charge is -2.31. The molecule has 2 aromatic carbocycles. The molecule has 3 fully saturated rings. The van der Waals surface area contributed by atoms with E-state index in [1.165, 1.54) is 61.3 Å². The highest BCUT2D eigenvalue weighted by Gasteiger charge is 2.63. The summed E-state index contributed by atoms with van der Waals surface area (Å²) >= 11 is 0. The van der Waals surface area contributed by atoms with Gasteiger partial charge in [-0.1, -0.05) is 50.5 Å². The van der Waals surface area contributed by atoms with Crippen LogP contribution in [0.4, 0.5) is 0 Å². The van der Waals surface area contributed by atoms with Crippen molar-refractivity contribution in [2.75, 3.05) is 40.4 Å². The Hall–Kier alpha value is -3.21. The zero-order chi connectivity index (χ0) is 30.8. The van der Waals surface area contributed by atoms with E-state index in [-0.39, 0.29) is 17.4 Å². The molecule has 1 aromatic heterocycles. The van der Waals surface area contributed by atoms with Gasteiger partial charge in [-0.05, 0) is 60.4 Å². The lowest BCUT2D eigenvalue weighted by molar-refractivity contribution is -0.141. The highest BCUT2D eigenvalue weighted by atomic mass is 32.2. The summed E-state index contributed by atoms with van der Waals surface area (Å²) in [5, 5.41) is 1.09. The Morgan fingerprint density at radius 1 is 1.05 bits per heavy atom. The summed E-state index contributed by atoms with van der Waals surface area (Å²) in [7, 11) is -1.17. The minimum absolute atomic E-state index is 0.130. The number of fused-ring (bicyclic) bond motifs is 7. The van der Waals surface area contributed by atoms with E-state index in [1.807, 2.05) is 17.0 Å². The molecule has 2 unspecified atom stereocenters. The Labute approximate surface area is 259 Å². The zero-order valence-electron chi connectivity index (χ0n) is 25.9. The average Bonchev–Trinajstić information content (AvgIpc) is 3.70. The maximum atomic E-state index is 14.4. The number of nitrogens with zero attached hydrogens (tertiary/aromatic N) is 3. The van der Waals surface area contributed by atoms with E-state index >= 15 is 0 Å². The number of morpholine rings is 1. The molecule has 7 rings (SSSR count). The van der Waals surface area contributed by atoms with Gasteiger partial charge in [-0.25, -0.2) is 4.72 Å².